The molecule has 0 amide bonds. The molecule has 0 aliphatic carbocycles. The number of carbonyl (C=O) groups is 2. The number of halogens is 2. The van der Waals surface area contributed by atoms with Crippen LogP contribution in [0.4, 0.5) is 5.69 Å². The van der Waals surface area contributed by atoms with Gasteiger partial charge in [0, 0.05) is 30.1 Å². The number of ketones is 1. The van der Waals surface area contributed by atoms with Gasteiger partial charge < -0.3 is 14.4 Å². The van der Waals surface area contributed by atoms with Crippen molar-refractivity contribution < 1.29 is 19.1 Å². The third-order valence-electron chi connectivity index (χ3n) is 6.49. The molecule has 0 unspecified atom stereocenters. The van der Waals surface area contributed by atoms with Gasteiger partial charge >= 0.3 is 5.97 Å². The minimum absolute atomic E-state index is 0.0319. The van der Waals surface area contributed by atoms with E-state index in [1.807, 2.05) is 47.4 Å². The summed E-state index contributed by atoms with van der Waals surface area (Å²) in [5.74, 6) is -0.135. The van der Waals surface area contributed by atoms with Crippen molar-refractivity contribution >= 4 is 40.6 Å². The molecule has 0 radical (unpaired) electrons. The molecule has 1 aliphatic heterocycles. The van der Waals surface area contributed by atoms with E-state index >= 15 is 0 Å². The zero-order chi connectivity index (χ0) is 24.3. The van der Waals surface area contributed by atoms with Crippen molar-refractivity contribution in [3.05, 3.63) is 94.0 Å². The Labute approximate surface area is 209 Å². The molecule has 0 saturated carbocycles. The number of ether oxygens (including phenoxy) is 2. The maximum Gasteiger partial charge on any atom is 0.336 e. The molecule has 7 heteroatoms. The first kappa shape index (κ1) is 24.1. The lowest BCUT2D eigenvalue weighted by atomic mass is 9.75. The van der Waals surface area contributed by atoms with Crippen molar-refractivity contribution in [3.63, 3.8) is 0 Å². The van der Waals surface area contributed by atoms with E-state index in [0.717, 1.165) is 5.69 Å². The first-order valence-electron chi connectivity index (χ1n) is 11.0. The number of nitrogens with zero attached hydrogens (tertiary/aromatic N) is 1. The van der Waals surface area contributed by atoms with Crippen molar-refractivity contribution in [1.82, 2.24) is 0 Å². The molecule has 0 N–H and O–H groups in total. The zero-order valence-corrected chi connectivity index (χ0v) is 20.5. The van der Waals surface area contributed by atoms with Crippen LogP contribution in [-0.4, -0.2) is 32.5 Å². The molecular formula is C27H25Cl2NO4. The van der Waals surface area contributed by atoms with Crippen LogP contribution in [0.25, 0.3) is 0 Å². The Kier molecular flexibility index (Phi) is 7.15. The van der Waals surface area contributed by atoms with Crippen LogP contribution in [0.2, 0.25) is 10.0 Å². The maximum absolute atomic E-state index is 13.7. The molecule has 176 valence electrons. The number of rotatable bonds is 7. The highest BCUT2D eigenvalue weighted by atomic mass is 35.5. The predicted molar refractivity (Wildman–Crippen MR) is 134 cm³/mol. The summed E-state index contributed by atoms with van der Waals surface area (Å²) in [7, 11) is 2.97. The SMILES string of the molecule is COC(=O)[C@]1(c2ccc(Cl)c(Cl)c2)[C@H](CC(=O)c2ccccc2)CCN1c1ccc(OC)cc1. The fourth-order valence-corrected chi connectivity index (χ4v) is 5.17. The summed E-state index contributed by atoms with van der Waals surface area (Å²) in [5, 5.41) is 0.716. The topological polar surface area (TPSA) is 55.8 Å². The summed E-state index contributed by atoms with van der Waals surface area (Å²) in [5.41, 5.74) is 0.792. The van der Waals surface area contributed by atoms with Gasteiger partial charge in [-0.05, 0) is 48.4 Å². The van der Waals surface area contributed by atoms with Crippen LogP contribution in [0, 0.1) is 5.92 Å². The van der Waals surface area contributed by atoms with Gasteiger partial charge in [0.25, 0.3) is 0 Å². The van der Waals surface area contributed by atoms with Gasteiger partial charge in [-0.1, -0.05) is 59.6 Å². The molecule has 0 spiro atoms. The molecular weight excluding hydrogens is 473 g/mol. The number of Topliss-reactive ketones (excluding diaryl/α,β-unsaturated/α-hetero) is 1. The van der Waals surface area contributed by atoms with Crippen LogP contribution in [0.3, 0.4) is 0 Å². The van der Waals surface area contributed by atoms with Gasteiger partial charge in [0.1, 0.15) is 5.75 Å². The number of hydrogen-bond acceptors (Lipinski definition) is 5. The van der Waals surface area contributed by atoms with Gasteiger partial charge in [-0.15, -0.1) is 0 Å². The van der Waals surface area contributed by atoms with Gasteiger partial charge in [0.2, 0.25) is 0 Å². The normalized spacial score (nSPS) is 19.6. The lowest BCUT2D eigenvalue weighted by Gasteiger charge is -2.41. The van der Waals surface area contributed by atoms with Gasteiger partial charge in [-0.3, -0.25) is 4.79 Å². The highest BCUT2D eigenvalue weighted by molar-refractivity contribution is 6.42. The molecule has 1 fully saturated rings. The average molecular weight is 498 g/mol. The summed E-state index contributed by atoms with van der Waals surface area (Å²) in [6.45, 7) is 0.550. The van der Waals surface area contributed by atoms with Crippen molar-refractivity contribution in [1.29, 1.82) is 0 Å². The van der Waals surface area contributed by atoms with Crippen LogP contribution in [0.15, 0.2) is 72.8 Å². The Morgan fingerprint density at radius 1 is 0.971 bits per heavy atom. The van der Waals surface area contributed by atoms with Crippen LogP contribution in [0.1, 0.15) is 28.8 Å². The Morgan fingerprint density at radius 3 is 2.29 bits per heavy atom. The number of carbonyl (C=O) groups excluding carboxylic acids is 2. The van der Waals surface area contributed by atoms with E-state index in [0.29, 0.717) is 39.9 Å². The van der Waals surface area contributed by atoms with Crippen LogP contribution in [-0.2, 0) is 15.1 Å². The standard InChI is InChI=1S/C27H25Cl2NO4/c1-33-22-11-9-21(10-12-22)30-15-14-20(17-25(31)18-6-4-3-5-7-18)27(30,26(32)34-2)19-8-13-23(28)24(29)16-19/h3-13,16,20H,14-15,17H2,1-2H3/t20-,27-/m0/s1. The van der Waals surface area contributed by atoms with Crippen LogP contribution < -0.4 is 9.64 Å². The fraction of sp³-hybridized carbons (Fsp3) is 0.259. The molecule has 1 aliphatic rings. The monoisotopic (exact) mass is 497 g/mol. The highest BCUT2D eigenvalue weighted by Crippen LogP contribution is 2.49. The number of anilines is 1. The third-order valence-corrected chi connectivity index (χ3v) is 7.22. The van der Waals surface area contributed by atoms with Crippen molar-refractivity contribution in [2.24, 2.45) is 5.92 Å². The molecule has 0 aromatic heterocycles. The molecule has 5 nitrogen and oxygen atoms in total. The lowest BCUT2D eigenvalue weighted by Crippen LogP contribution is -2.53. The molecule has 3 aromatic carbocycles. The van der Waals surface area contributed by atoms with Crippen LogP contribution in [0.5, 0.6) is 5.75 Å². The maximum atomic E-state index is 13.7. The Morgan fingerprint density at radius 2 is 1.68 bits per heavy atom. The van der Waals surface area contributed by atoms with Gasteiger partial charge in [-0.25, -0.2) is 4.79 Å². The Balaban J connectivity index is 1.86. The third kappa shape index (κ3) is 4.26. The summed E-state index contributed by atoms with van der Waals surface area (Å²) in [4.78, 5) is 28.9. The molecule has 4 rings (SSSR count). The van der Waals surface area contributed by atoms with E-state index in [9.17, 15) is 9.59 Å². The molecule has 34 heavy (non-hydrogen) atoms. The predicted octanol–water partition coefficient (Wildman–Crippen LogP) is 6.17. The van der Waals surface area contributed by atoms with E-state index in [2.05, 4.69) is 0 Å². The van der Waals surface area contributed by atoms with Gasteiger partial charge in [-0.2, -0.15) is 0 Å². The van der Waals surface area contributed by atoms with E-state index in [1.165, 1.54) is 7.11 Å². The molecule has 1 saturated heterocycles. The largest absolute Gasteiger partial charge is 0.497 e. The summed E-state index contributed by atoms with van der Waals surface area (Å²) in [6, 6.07) is 21.7. The molecule has 0 bridgehead atoms. The lowest BCUT2D eigenvalue weighted by molar-refractivity contribution is -0.149. The second kappa shape index (κ2) is 10.1. The second-order valence-electron chi connectivity index (χ2n) is 8.22. The Hall–Kier alpha value is -3.02. The first-order valence-corrected chi connectivity index (χ1v) is 11.7. The van der Waals surface area contributed by atoms with E-state index in [-0.39, 0.29) is 18.1 Å². The van der Waals surface area contributed by atoms with E-state index in [4.69, 9.17) is 32.7 Å². The molecule has 1 heterocycles. The number of methoxy groups -OCH3 is 2. The fourth-order valence-electron chi connectivity index (χ4n) is 4.88. The van der Waals surface area contributed by atoms with E-state index in [1.54, 1.807) is 37.4 Å². The zero-order valence-electron chi connectivity index (χ0n) is 19.0. The summed E-state index contributed by atoms with van der Waals surface area (Å²) < 4.78 is 10.7. The van der Waals surface area contributed by atoms with Gasteiger partial charge in [0.15, 0.2) is 11.3 Å². The molecule has 3 aromatic rings. The summed E-state index contributed by atoms with van der Waals surface area (Å²) >= 11 is 12.6. The van der Waals surface area contributed by atoms with Gasteiger partial charge in [0.05, 0.1) is 24.3 Å². The van der Waals surface area contributed by atoms with Crippen LogP contribution >= 0.6 is 23.2 Å². The minimum atomic E-state index is -1.26. The first-order chi connectivity index (χ1) is 16.4. The minimum Gasteiger partial charge on any atom is -0.497 e. The smallest absolute Gasteiger partial charge is 0.336 e. The van der Waals surface area contributed by atoms with Crippen molar-refractivity contribution in [3.8, 4) is 5.75 Å². The second-order valence-corrected chi connectivity index (χ2v) is 9.03. The van der Waals surface area contributed by atoms with Crippen molar-refractivity contribution in [2.75, 3.05) is 25.7 Å². The summed E-state index contributed by atoms with van der Waals surface area (Å²) in [6.07, 6.45) is 0.784. The number of esters is 1. The number of hydrogen-bond donors (Lipinski definition) is 0. The van der Waals surface area contributed by atoms with Crippen molar-refractivity contribution in [2.45, 2.75) is 18.4 Å². The average Bonchev–Trinajstić information content (AvgIpc) is 3.25. The Bertz CT molecular complexity index is 1180. The van der Waals surface area contributed by atoms with E-state index < -0.39 is 11.5 Å². The molecule has 2 atom stereocenters. The quantitative estimate of drug-likeness (QED) is 0.288. The highest BCUT2D eigenvalue weighted by Gasteiger charge is 2.57. The number of benzene rings is 3.